The molecule has 0 saturated carbocycles. The molecule has 0 radical (unpaired) electrons. The molecule has 20 heavy (non-hydrogen) atoms. The molecule has 1 N–H and O–H groups in total. The maximum Gasteiger partial charge on any atom is 0.241 e. The van der Waals surface area contributed by atoms with Crippen molar-refractivity contribution in [2.75, 3.05) is 25.0 Å². The third-order valence-electron chi connectivity index (χ3n) is 3.48. The lowest BCUT2D eigenvalue weighted by atomic mass is 9.97. The number of nitrogens with zero attached hydrogens (tertiary/aromatic N) is 1. The van der Waals surface area contributed by atoms with Gasteiger partial charge in [-0.25, -0.2) is 13.2 Å². The molecular formula is C14H17F3N2O. The zero-order valence-electron chi connectivity index (χ0n) is 11.0. The van der Waals surface area contributed by atoms with Crippen LogP contribution in [0.1, 0.15) is 12.8 Å². The van der Waals surface area contributed by atoms with E-state index >= 15 is 0 Å². The average molecular weight is 286 g/mol. The van der Waals surface area contributed by atoms with Gasteiger partial charge in [0.2, 0.25) is 12.3 Å². The summed E-state index contributed by atoms with van der Waals surface area (Å²) in [6, 6.07) is 5.50. The quantitative estimate of drug-likeness (QED) is 0.923. The Kier molecular flexibility index (Phi) is 5.00. The number of carbonyl (C=O) groups excluding carboxylic acids is 1. The molecule has 3 nitrogen and oxygen atoms in total. The minimum Gasteiger partial charge on any atom is -0.325 e. The van der Waals surface area contributed by atoms with Crippen LogP contribution >= 0.6 is 0 Å². The molecule has 1 amide bonds. The molecule has 1 aliphatic rings. The van der Waals surface area contributed by atoms with Crippen LogP contribution in [0, 0.1) is 11.7 Å². The second kappa shape index (κ2) is 6.74. The molecule has 0 spiro atoms. The molecule has 1 saturated heterocycles. The third-order valence-corrected chi connectivity index (χ3v) is 3.48. The number of halogens is 3. The summed E-state index contributed by atoms with van der Waals surface area (Å²) in [6.45, 7) is 1.19. The van der Waals surface area contributed by atoms with Crippen molar-refractivity contribution in [3.63, 3.8) is 0 Å². The molecule has 2 rings (SSSR count). The molecular weight excluding hydrogens is 269 g/mol. The standard InChI is InChI=1S/C14H17F3N2O/c15-11-1-3-12(4-2-11)18-13(20)9-19-7-5-10(6-8-19)14(16)17/h1-4,10,14H,5-9H2,(H,18,20). The van der Waals surface area contributed by atoms with Gasteiger partial charge in [0.05, 0.1) is 6.54 Å². The van der Waals surface area contributed by atoms with Crippen LogP contribution in [-0.4, -0.2) is 36.9 Å². The van der Waals surface area contributed by atoms with Crippen molar-refractivity contribution in [1.29, 1.82) is 0 Å². The molecule has 1 aliphatic heterocycles. The minimum atomic E-state index is -2.27. The van der Waals surface area contributed by atoms with Gasteiger partial charge in [0.15, 0.2) is 0 Å². The summed E-state index contributed by atoms with van der Waals surface area (Å²) in [7, 11) is 0. The number of nitrogens with one attached hydrogen (secondary N) is 1. The van der Waals surface area contributed by atoms with Crippen LogP contribution in [0.5, 0.6) is 0 Å². The highest BCUT2D eigenvalue weighted by atomic mass is 19.3. The first kappa shape index (κ1) is 14.8. The van der Waals surface area contributed by atoms with E-state index in [2.05, 4.69) is 5.32 Å². The summed E-state index contributed by atoms with van der Waals surface area (Å²) in [5.74, 6) is -1.13. The Bertz CT molecular complexity index is 442. The van der Waals surface area contributed by atoms with Crippen molar-refractivity contribution in [1.82, 2.24) is 4.90 Å². The first-order valence-corrected chi connectivity index (χ1v) is 6.60. The lowest BCUT2D eigenvalue weighted by Gasteiger charge is -2.30. The number of likely N-dealkylation sites (tertiary alicyclic amines) is 1. The summed E-state index contributed by atoms with van der Waals surface area (Å²) in [5.41, 5.74) is 0.527. The topological polar surface area (TPSA) is 32.3 Å². The first-order valence-electron chi connectivity index (χ1n) is 6.60. The van der Waals surface area contributed by atoms with E-state index in [0.29, 0.717) is 31.6 Å². The van der Waals surface area contributed by atoms with Crippen LogP contribution in [-0.2, 0) is 4.79 Å². The van der Waals surface area contributed by atoms with Gasteiger partial charge in [-0.15, -0.1) is 0 Å². The fraction of sp³-hybridized carbons (Fsp3) is 0.500. The van der Waals surface area contributed by atoms with E-state index < -0.39 is 12.3 Å². The Morgan fingerprint density at radius 3 is 2.40 bits per heavy atom. The molecule has 1 fully saturated rings. The van der Waals surface area contributed by atoms with E-state index in [-0.39, 0.29) is 18.3 Å². The van der Waals surface area contributed by atoms with Gasteiger partial charge in [-0.3, -0.25) is 9.69 Å². The number of piperidine rings is 1. The van der Waals surface area contributed by atoms with Gasteiger partial charge in [0.1, 0.15) is 5.82 Å². The fourth-order valence-corrected chi connectivity index (χ4v) is 2.30. The molecule has 6 heteroatoms. The second-order valence-electron chi connectivity index (χ2n) is 5.00. The summed E-state index contributed by atoms with van der Waals surface area (Å²) < 4.78 is 37.7. The third kappa shape index (κ3) is 4.23. The predicted octanol–water partition coefficient (Wildman–Crippen LogP) is 2.74. The molecule has 0 atom stereocenters. The fourth-order valence-electron chi connectivity index (χ4n) is 2.30. The molecule has 1 aromatic rings. The van der Waals surface area contributed by atoms with Gasteiger partial charge in [-0.2, -0.15) is 0 Å². The number of rotatable bonds is 4. The predicted molar refractivity (Wildman–Crippen MR) is 70.2 cm³/mol. The number of benzene rings is 1. The van der Waals surface area contributed by atoms with E-state index in [9.17, 15) is 18.0 Å². The van der Waals surface area contributed by atoms with E-state index in [4.69, 9.17) is 0 Å². The van der Waals surface area contributed by atoms with Gasteiger partial charge in [0.25, 0.3) is 0 Å². The lowest BCUT2D eigenvalue weighted by molar-refractivity contribution is -0.117. The van der Waals surface area contributed by atoms with Crippen molar-refractivity contribution >= 4 is 11.6 Å². The monoisotopic (exact) mass is 286 g/mol. The Balaban J connectivity index is 1.77. The molecule has 0 aromatic heterocycles. The second-order valence-corrected chi connectivity index (χ2v) is 5.00. The number of amides is 1. The van der Waals surface area contributed by atoms with Crippen LogP contribution < -0.4 is 5.32 Å². The molecule has 0 bridgehead atoms. The van der Waals surface area contributed by atoms with E-state index in [0.717, 1.165) is 0 Å². The van der Waals surface area contributed by atoms with Crippen molar-refractivity contribution in [3.8, 4) is 0 Å². The number of hydrogen-bond donors (Lipinski definition) is 1. The summed E-state index contributed by atoms with van der Waals surface area (Å²) >= 11 is 0. The highest BCUT2D eigenvalue weighted by molar-refractivity contribution is 5.92. The highest BCUT2D eigenvalue weighted by Gasteiger charge is 2.26. The normalized spacial score (nSPS) is 17.4. The molecule has 1 heterocycles. The van der Waals surface area contributed by atoms with Gasteiger partial charge >= 0.3 is 0 Å². The van der Waals surface area contributed by atoms with E-state index in [1.54, 1.807) is 0 Å². The Hall–Kier alpha value is -1.56. The van der Waals surface area contributed by atoms with Crippen molar-refractivity contribution in [2.24, 2.45) is 5.92 Å². The van der Waals surface area contributed by atoms with E-state index in [1.807, 2.05) is 4.90 Å². The summed E-state index contributed by atoms with van der Waals surface area (Å²) in [6.07, 6.45) is -1.44. The smallest absolute Gasteiger partial charge is 0.241 e. The van der Waals surface area contributed by atoms with Crippen LogP contribution in [0.4, 0.5) is 18.9 Å². The van der Waals surface area contributed by atoms with Crippen molar-refractivity contribution < 1.29 is 18.0 Å². The number of carbonyl (C=O) groups is 1. The van der Waals surface area contributed by atoms with Gasteiger partial charge in [-0.1, -0.05) is 0 Å². The van der Waals surface area contributed by atoms with Crippen molar-refractivity contribution in [2.45, 2.75) is 19.3 Å². The Morgan fingerprint density at radius 2 is 1.85 bits per heavy atom. The van der Waals surface area contributed by atoms with Crippen molar-refractivity contribution in [3.05, 3.63) is 30.1 Å². The zero-order valence-corrected chi connectivity index (χ0v) is 11.0. The lowest BCUT2D eigenvalue weighted by Crippen LogP contribution is -2.40. The number of anilines is 1. The van der Waals surface area contributed by atoms with Gasteiger partial charge < -0.3 is 5.32 Å². The first-order chi connectivity index (χ1) is 9.54. The van der Waals surface area contributed by atoms with Crippen LogP contribution in [0.2, 0.25) is 0 Å². The average Bonchev–Trinajstić information content (AvgIpc) is 2.42. The van der Waals surface area contributed by atoms with E-state index in [1.165, 1.54) is 24.3 Å². The van der Waals surface area contributed by atoms with Crippen LogP contribution in [0.25, 0.3) is 0 Å². The van der Waals surface area contributed by atoms with Gasteiger partial charge in [-0.05, 0) is 50.2 Å². The number of alkyl halides is 2. The largest absolute Gasteiger partial charge is 0.325 e. The maximum atomic E-state index is 12.7. The van der Waals surface area contributed by atoms with Crippen LogP contribution in [0.3, 0.4) is 0 Å². The SMILES string of the molecule is O=C(CN1CCC(C(F)F)CC1)Nc1ccc(F)cc1. The van der Waals surface area contributed by atoms with Gasteiger partial charge in [0, 0.05) is 11.6 Å². The highest BCUT2D eigenvalue weighted by Crippen LogP contribution is 2.23. The Morgan fingerprint density at radius 1 is 1.25 bits per heavy atom. The number of hydrogen-bond acceptors (Lipinski definition) is 2. The molecule has 0 aliphatic carbocycles. The molecule has 0 unspecified atom stereocenters. The summed E-state index contributed by atoms with van der Waals surface area (Å²) in [4.78, 5) is 13.6. The zero-order chi connectivity index (χ0) is 14.5. The maximum absolute atomic E-state index is 12.7. The molecule has 110 valence electrons. The van der Waals surface area contributed by atoms with Crippen LogP contribution in [0.15, 0.2) is 24.3 Å². The minimum absolute atomic E-state index is 0.174. The Labute approximate surface area is 115 Å². The molecule has 1 aromatic carbocycles. The summed E-state index contributed by atoms with van der Waals surface area (Å²) in [5, 5.41) is 2.65.